The molecule has 1 atom stereocenters. The van der Waals surface area contributed by atoms with Gasteiger partial charge in [0.15, 0.2) is 0 Å². The zero-order valence-electron chi connectivity index (χ0n) is 13.3. The van der Waals surface area contributed by atoms with Gasteiger partial charge in [0.2, 0.25) is 11.8 Å². The van der Waals surface area contributed by atoms with E-state index in [0.717, 1.165) is 18.4 Å². The SMILES string of the molecule is COc1ccc(C)cc1NC(=O)[C@@H](C)Sc1nnc(C2CC2)o1. The predicted octanol–water partition coefficient (Wildman–Crippen LogP) is 3.38. The molecular weight excluding hydrogens is 314 g/mol. The highest BCUT2D eigenvalue weighted by molar-refractivity contribution is 8.00. The fraction of sp³-hybridized carbons (Fsp3) is 0.438. The molecule has 1 heterocycles. The van der Waals surface area contributed by atoms with E-state index in [-0.39, 0.29) is 11.2 Å². The third kappa shape index (κ3) is 3.85. The van der Waals surface area contributed by atoms with Gasteiger partial charge in [0, 0.05) is 5.92 Å². The van der Waals surface area contributed by atoms with Crippen molar-refractivity contribution in [3.8, 4) is 5.75 Å². The van der Waals surface area contributed by atoms with E-state index in [0.29, 0.717) is 28.5 Å². The van der Waals surface area contributed by atoms with E-state index in [1.54, 1.807) is 7.11 Å². The van der Waals surface area contributed by atoms with Gasteiger partial charge in [-0.15, -0.1) is 10.2 Å². The number of carbonyl (C=O) groups is 1. The van der Waals surface area contributed by atoms with Crippen LogP contribution in [0, 0.1) is 6.92 Å². The zero-order chi connectivity index (χ0) is 16.4. The number of hydrogen-bond acceptors (Lipinski definition) is 6. The van der Waals surface area contributed by atoms with Gasteiger partial charge < -0.3 is 14.5 Å². The van der Waals surface area contributed by atoms with Crippen LogP contribution in [-0.2, 0) is 4.79 Å². The Hall–Kier alpha value is -2.02. The van der Waals surface area contributed by atoms with E-state index < -0.39 is 0 Å². The van der Waals surface area contributed by atoms with E-state index in [1.165, 1.54) is 11.8 Å². The van der Waals surface area contributed by atoms with E-state index in [4.69, 9.17) is 9.15 Å². The van der Waals surface area contributed by atoms with Gasteiger partial charge in [-0.3, -0.25) is 4.79 Å². The lowest BCUT2D eigenvalue weighted by molar-refractivity contribution is -0.115. The van der Waals surface area contributed by atoms with Gasteiger partial charge in [-0.2, -0.15) is 0 Å². The fourth-order valence-corrected chi connectivity index (χ4v) is 2.81. The van der Waals surface area contributed by atoms with Crippen molar-refractivity contribution < 1.29 is 13.9 Å². The Kier molecular flexibility index (Phi) is 4.56. The van der Waals surface area contributed by atoms with Gasteiger partial charge >= 0.3 is 0 Å². The average molecular weight is 333 g/mol. The van der Waals surface area contributed by atoms with Crippen molar-refractivity contribution in [2.75, 3.05) is 12.4 Å². The van der Waals surface area contributed by atoms with Crippen molar-refractivity contribution in [2.24, 2.45) is 0 Å². The maximum Gasteiger partial charge on any atom is 0.277 e. The van der Waals surface area contributed by atoms with Crippen LogP contribution in [0.4, 0.5) is 5.69 Å². The molecule has 1 saturated carbocycles. The van der Waals surface area contributed by atoms with E-state index in [2.05, 4.69) is 15.5 Å². The minimum Gasteiger partial charge on any atom is -0.495 e. The number of anilines is 1. The number of thioether (sulfide) groups is 1. The van der Waals surface area contributed by atoms with Crippen LogP contribution >= 0.6 is 11.8 Å². The number of nitrogens with zero attached hydrogens (tertiary/aromatic N) is 2. The molecule has 1 N–H and O–H groups in total. The summed E-state index contributed by atoms with van der Waals surface area (Å²) in [4.78, 5) is 12.4. The lowest BCUT2D eigenvalue weighted by Crippen LogP contribution is -2.22. The van der Waals surface area contributed by atoms with Crippen molar-refractivity contribution in [3.05, 3.63) is 29.7 Å². The van der Waals surface area contributed by atoms with Gasteiger partial charge in [-0.1, -0.05) is 17.8 Å². The Morgan fingerprint density at radius 1 is 1.43 bits per heavy atom. The van der Waals surface area contributed by atoms with Crippen molar-refractivity contribution in [3.63, 3.8) is 0 Å². The molecule has 6 nitrogen and oxygen atoms in total. The molecule has 0 unspecified atom stereocenters. The third-order valence-electron chi connectivity index (χ3n) is 3.61. The van der Waals surface area contributed by atoms with Crippen LogP contribution in [0.25, 0.3) is 0 Å². The molecule has 0 saturated heterocycles. The largest absolute Gasteiger partial charge is 0.495 e. The van der Waals surface area contributed by atoms with Gasteiger partial charge in [-0.05, 0) is 44.4 Å². The second-order valence-electron chi connectivity index (χ2n) is 5.63. The topological polar surface area (TPSA) is 77.2 Å². The van der Waals surface area contributed by atoms with Crippen LogP contribution in [0.3, 0.4) is 0 Å². The summed E-state index contributed by atoms with van der Waals surface area (Å²) in [7, 11) is 1.58. The summed E-state index contributed by atoms with van der Waals surface area (Å²) in [5.41, 5.74) is 1.71. The predicted molar refractivity (Wildman–Crippen MR) is 88.0 cm³/mol. The molecule has 0 bridgehead atoms. The first-order chi connectivity index (χ1) is 11.1. The number of ether oxygens (including phenoxy) is 1. The van der Waals surface area contributed by atoms with Crippen LogP contribution in [0.5, 0.6) is 5.75 Å². The molecular formula is C16H19N3O3S. The Labute approximate surface area is 139 Å². The van der Waals surface area contributed by atoms with Crippen LogP contribution < -0.4 is 10.1 Å². The van der Waals surface area contributed by atoms with Crippen molar-refractivity contribution in [1.82, 2.24) is 10.2 Å². The number of nitrogens with one attached hydrogen (secondary N) is 1. The van der Waals surface area contributed by atoms with Crippen molar-refractivity contribution in [2.45, 2.75) is 43.1 Å². The summed E-state index contributed by atoms with van der Waals surface area (Å²) in [6.07, 6.45) is 2.21. The van der Waals surface area contributed by atoms with Crippen molar-refractivity contribution >= 4 is 23.4 Å². The molecule has 3 rings (SSSR count). The lowest BCUT2D eigenvalue weighted by atomic mass is 10.2. The number of amides is 1. The van der Waals surface area contributed by atoms with Gasteiger partial charge in [0.25, 0.3) is 5.22 Å². The summed E-state index contributed by atoms with van der Waals surface area (Å²) in [6, 6.07) is 5.65. The summed E-state index contributed by atoms with van der Waals surface area (Å²) in [6.45, 7) is 3.77. The van der Waals surface area contributed by atoms with Gasteiger partial charge in [-0.25, -0.2) is 0 Å². The number of aryl methyl sites for hydroxylation is 1. The maximum absolute atomic E-state index is 12.4. The smallest absolute Gasteiger partial charge is 0.277 e. The molecule has 1 amide bonds. The molecule has 7 heteroatoms. The van der Waals surface area contributed by atoms with E-state index in [9.17, 15) is 4.79 Å². The normalized spacial score (nSPS) is 15.3. The van der Waals surface area contributed by atoms with Crippen LogP contribution in [0.1, 0.15) is 37.1 Å². The average Bonchev–Trinajstić information content (AvgIpc) is 3.28. The quantitative estimate of drug-likeness (QED) is 0.817. The molecule has 1 aliphatic carbocycles. The molecule has 0 aliphatic heterocycles. The minimum atomic E-state index is -0.354. The van der Waals surface area contributed by atoms with E-state index in [1.807, 2.05) is 32.0 Å². The molecule has 23 heavy (non-hydrogen) atoms. The number of aromatic nitrogens is 2. The summed E-state index contributed by atoms with van der Waals surface area (Å²) in [5.74, 6) is 1.60. The molecule has 0 spiro atoms. The molecule has 0 radical (unpaired) electrons. The van der Waals surface area contributed by atoms with Crippen LogP contribution in [0.15, 0.2) is 27.8 Å². The molecule has 122 valence electrons. The van der Waals surface area contributed by atoms with Crippen molar-refractivity contribution in [1.29, 1.82) is 0 Å². The number of hydrogen-bond donors (Lipinski definition) is 1. The fourth-order valence-electron chi connectivity index (χ4n) is 2.12. The maximum atomic E-state index is 12.4. The number of carbonyl (C=O) groups excluding carboxylic acids is 1. The standard InChI is InChI=1S/C16H19N3O3S/c1-9-4-7-13(21-3)12(8-9)17-14(20)10(2)23-16-19-18-15(22-16)11-5-6-11/h4,7-8,10-11H,5-6H2,1-3H3,(H,17,20)/t10-/m1/s1. The number of methoxy groups -OCH3 is 1. The molecule has 1 aliphatic rings. The Morgan fingerprint density at radius 3 is 2.91 bits per heavy atom. The van der Waals surface area contributed by atoms with Gasteiger partial charge in [0.05, 0.1) is 18.0 Å². The number of benzene rings is 1. The molecule has 1 fully saturated rings. The van der Waals surface area contributed by atoms with E-state index >= 15 is 0 Å². The highest BCUT2D eigenvalue weighted by Crippen LogP contribution is 2.40. The lowest BCUT2D eigenvalue weighted by Gasteiger charge is -2.13. The van der Waals surface area contributed by atoms with Crippen LogP contribution in [0.2, 0.25) is 0 Å². The summed E-state index contributed by atoms with van der Waals surface area (Å²) < 4.78 is 10.9. The first-order valence-electron chi connectivity index (χ1n) is 7.52. The highest BCUT2D eigenvalue weighted by atomic mass is 32.2. The summed E-state index contributed by atoms with van der Waals surface area (Å²) >= 11 is 1.26. The number of rotatable bonds is 6. The first kappa shape index (κ1) is 15.9. The van der Waals surface area contributed by atoms with Gasteiger partial charge in [0.1, 0.15) is 5.75 Å². The summed E-state index contributed by atoms with van der Waals surface area (Å²) in [5, 5.41) is 11.0. The second kappa shape index (κ2) is 6.62. The Bertz CT molecular complexity index is 712. The monoisotopic (exact) mass is 333 g/mol. The van der Waals surface area contributed by atoms with Crippen LogP contribution in [-0.4, -0.2) is 28.5 Å². The Balaban J connectivity index is 1.63. The molecule has 1 aromatic heterocycles. The minimum absolute atomic E-state index is 0.134. The first-order valence-corrected chi connectivity index (χ1v) is 8.40. The highest BCUT2D eigenvalue weighted by Gasteiger charge is 2.30. The molecule has 2 aromatic rings. The second-order valence-corrected chi connectivity index (χ2v) is 6.93. The third-order valence-corrected chi connectivity index (χ3v) is 4.54. The Morgan fingerprint density at radius 2 is 2.22 bits per heavy atom. The zero-order valence-corrected chi connectivity index (χ0v) is 14.1. The molecule has 1 aromatic carbocycles.